The Labute approximate surface area is 209 Å². The molecule has 1 fully saturated rings. The SMILES string of the molecule is N#C/C(=C/N1CCN(S(=O)(=O)c2ccccc2)CC1)C(=O)Nc1ccccc1Sc1ccccc1. The van der Waals surface area contributed by atoms with Gasteiger partial charge in [-0.25, -0.2) is 8.42 Å². The summed E-state index contributed by atoms with van der Waals surface area (Å²) < 4.78 is 27.1. The third-order valence-corrected chi connectivity index (χ3v) is 8.43. The van der Waals surface area contributed by atoms with E-state index in [1.54, 1.807) is 41.3 Å². The lowest BCUT2D eigenvalue weighted by molar-refractivity contribution is -0.112. The van der Waals surface area contributed by atoms with E-state index in [0.29, 0.717) is 18.8 Å². The number of hydrogen-bond donors (Lipinski definition) is 1. The van der Waals surface area contributed by atoms with Gasteiger partial charge >= 0.3 is 0 Å². The standard InChI is InChI=1S/C26H24N4O3S2/c27-19-21(20-29-15-17-30(18-16-29)35(32,33)23-11-5-2-6-12-23)26(31)28-24-13-7-8-14-25(24)34-22-9-3-1-4-10-22/h1-14,20H,15-18H2,(H,28,31)/b21-20-. The molecule has 1 N–H and O–H groups in total. The molecule has 9 heteroatoms. The van der Waals surface area contributed by atoms with E-state index in [4.69, 9.17) is 0 Å². The van der Waals surface area contributed by atoms with E-state index >= 15 is 0 Å². The van der Waals surface area contributed by atoms with Gasteiger partial charge in [-0.15, -0.1) is 0 Å². The van der Waals surface area contributed by atoms with Crippen molar-refractivity contribution in [2.75, 3.05) is 31.5 Å². The Balaban J connectivity index is 1.41. The van der Waals surface area contributed by atoms with Crippen LogP contribution in [0.2, 0.25) is 0 Å². The van der Waals surface area contributed by atoms with Crippen LogP contribution in [0.3, 0.4) is 0 Å². The fraction of sp³-hybridized carbons (Fsp3) is 0.154. The highest BCUT2D eigenvalue weighted by molar-refractivity contribution is 7.99. The van der Waals surface area contributed by atoms with Gasteiger partial charge in [0.1, 0.15) is 11.6 Å². The largest absolute Gasteiger partial charge is 0.373 e. The smallest absolute Gasteiger partial charge is 0.267 e. The molecule has 0 spiro atoms. The monoisotopic (exact) mass is 504 g/mol. The highest BCUT2D eigenvalue weighted by atomic mass is 32.2. The molecule has 0 aliphatic carbocycles. The minimum atomic E-state index is -3.57. The summed E-state index contributed by atoms with van der Waals surface area (Å²) in [5.41, 5.74) is 0.579. The van der Waals surface area contributed by atoms with Crippen LogP contribution in [0, 0.1) is 11.3 Å². The van der Waals surface area contributed by atoms with Crippen molar-refractivity contribution in [3.8, 4) is 6.07 Å². The topological polar surface area (TPSA) is 93.5 Å². The lowest BCUT2D eigenvalue weighted by atomic mass is 10.2. The second-order valence-corrected chi connectivity index (χ2v) is 10.8. The number of piperazine rings is 1. The molecule has 35 heavy (non-hydrogen) atoms. The van der Waals surface area contributed by atoms with Gasteiger partial charge in [-0.1, -0.05) is 60.3 Å². The molecule has 3 aromatic rings. The first kappa shape index (κ1) is 24.5. The summed E-state index contributed by atoms with van der Waals surface area (Å²) >= 11 is 1.52. The van der Waals surface area contributed by atoms with Gasteiger partial charge in [0.05, 0.1) is 10.6 Å². The van der Waals surface area contributed by atoms with Crippen molar-refractivity contribution in [2.45, 2.75) is 14.7 Å². The lowest BCUT2D eigenvalue weighted by Gasteiger charge is -2.33. The molecule has 4 rings (SSSR count). The van der Waals surface area contributed by atoms with Crippen molar-refractivity contribution < 1.29 is 13.2 Å². The normalized spacial score (nSPS) is 14.8. The molecule has 1 aliphatic heterocycles. The van der Waals surface area contributed by atoms with Gasteiger partial charge < -0.3 is 10.2 Å². The Hall–Kier alpha value is -3.58. The molecule has 0 radical (unpaired) electrons. The Morgan fingerprint density at radius 2 is 1.49 bits per heavy atom. The van der Waals surface area contributed by atoms with E-state index in [2.05, 4.69) is 5.32 Å². The fourth-order valence-electron chi connectivity index (χ4n) is 3.60. The number of nitrogens with zero attached hydrogens (tertiary/aromatic N) is 3. The number of carbonyl (C=O) groups is 1. The zero-order valence-corrected chi connectivity index (χ0v) is 20.5. The van der Waals surface area contributed by atoms with Gasteiger partial charge in [0.2, 0.25) is 10.0 Å². The summed E-state index contributed by atoms with van der Waals surface area (Å²) in [6.45, 7) is 1.30. The lowest BCUT2D eigenvalue weighted by Crippen LogP contribution is -2.46. The van der Waals surface area contributed by atoms with Crippen LogP contribution in [0.1, 0.15) is 0 Å². The number of anilines is 1. The van der Waals surface area contributed by atoms with Gasteiger partial charge in [-0.05, 0) is 36.4 Å². The molecule has 7 nitrogen and oxygen atoms in total. The molecule has 0 saturated carbocycles. The van der Waals surface area contributed by atoms with Crippen molar-refractivity contribution in [2.24, 2.45) is 0 Å². The summed E-state index contributed by atoms with van der Waals surface area (Å²) in [5.74, 6) is -0.507. The third kappa shape index (κ3) is 6.11. The van der Waals surface area contributed by atoms with E-state index in [0.717, 1.165) is 9.79 Å². The first-order chi connectivity index (χ1) is 17.0. The van der Waals surface area contributed by atoms with Crippen molar-refractivity contribution >= 4 is 33.4 Å². The van der Waals surface area contributed by atoms with Gasteiger partial charge in [-0.2, -0.15) is 9.57 Å². The second-order valence-electron chi connectivity index (χ2n) is 7.77. The van der Waals surface area contributed by atoms with E-state index in [1.807, 2.05) is 54.6 Å². The number of nitriles is 1. The zero-order chi connectivity index (χ0) is 24.7. The van der Waals surface area contributed by atoms with Gasteiger partial charge in [0.15, 0.2) is 0 Å². The molecule has 0 atom stereocenters. The Bertz CT molecular complexity index is 1350. The number of nitrogens with one attached hydrogen (secondary N) is 1. The van der Waals surface area contributed by atoms with Gasteiger partial charge in [-0.3, -0.25) is 4.79 Å². The van der Waals surface area contributed by atoms with Crippen LogP contribution in [-0.2, 0) is 14.8 Å². The Morgan fingerprint density at radius 3 is 2.14 bits per heavy atom. The van der Waals surface area contributed by atoms with Crippen LogP contribution in [0.5, 0.6) is 0 Å². The molecule has 178 valence electrons. The number of hydrogen-bond acceptors (Lipinski definition) is 6. The molecule has 1 saturated heterocycles. The summed E-state index contributed by atoms with van der Waals surface area (Å²) in [4.78, 5) is 16.8. The van der Waals surface area contributed by atoms with E-state index in [9.17, 15) is 18.5 Å². The van der Waals surface area contributed by atoms with Crippen molar-refractivity contribution in [1.29, 1.82) is 5.26 Å². The number of amides is 1. The molecular weight excluding hydrogens is 480 g/mol. The number of carbonyl (C=O) groups excluding carboxylic acids is 1. The highest BCUT2D eigenvalue weighted by Gasteiger charge is 2.28. The summed E-state index contributed by atoms with van der Waals surface area (Å²) in [6.07, 6.45) is 1.51. The maximum Gasteiger partial charge on any atom is 0.267 e. The van der Waals surface area contributed by atoms with E-state index in [-0.39, 0.29) is 23.6 Å². The molecular formula is C26H24N4O3S2. The molecule has 0 unspecified atom stereocenters. The van der Waals surface area contributed by atoms with Crippen LogP contribution in [0.15, 0.2) is 111 Å². The van der Waals surface area contributed by atoms with Crippen LogP contribution in [0.4, 0.5) is 5.69 Å². The van der Waals surface area contributed by atoms with Crippen molar-refractivity contribution in [1.82, 2.24) is 9.21 Å². The first-order valence-electron chi connectivity index (χ1n) is 11.0. The van der Waals surface area contributed by atoms with Crippen LogP contribution in [0.25, 0.3) is 0 Å². The number of para-hydroxylation sites is 1. The highest BCUT2D eigenvalue weighted by Crippen LogP contribution is 2.33. The predicted octanol–water partition coefficient (Wildman–Crippen LogP) is 4.19. The molecule has 1 amide bonds. The van der Waals surface area contributed by atoms with Crippen LogP contribution >= 0.6 is 11.8 Å². The number of rotatable bonds is 7. The van der Waals surface area contributed by atoms with Gasteiger partial charge in [0, 0.05) is 42.2 Å². The summed E-state index contributed by atoms with van der Waals surface area (Å²) in [7, 11) is -3.57. The number of sulfonamides is 1. The van der Waals surface area contributed by atoms with Crippen LogP contribution < -0.4 is 5.32 Å². The summed E-state index contributed by atoms with van der Waals surface area (Å²) in [5, 5.41) is 12.5. The molecule has 0 aromatic heterocycles. The maximum atomic E-state index is 12.9. The Morgan fingerprint density at radius 1 is 0.886 bits per heavy atom. The van der Waals surface area contributed by atoms with E-state index < -0.39 is 15.9 Å². The summed E-state index contributed by atoms with van der Waals surface area (Å²) in [6, 6.07) is 27.5. The van der Waals surface area contributed by atoms with Crippen molar-refractivity contribution in [3.05, 3.63) is 96.7 Å². The van der Waals surface area contributed by atoms with E-state index in [1.165, 1.54) is 22.3 Å². The maximum absolute atomic E-state index is 12.9. The predicted molar refractivity (Wildman–Crippen MR) is 136 cm³/mol. The molecule has 0 bridgehead atoms. The minimum Gasteiger partial charge on any atom is -0.373 e. The number of benzene rings is 3. The average Bonchev–Trinajstić information content (AvgIpc) is 2.89. The zero-order valence-electron chi connectivity index (χ0n) is 18.9. The molecule has 1 heterocycles. The fourth-order valence-corrected chi connectivity index (χ4v) is 5.97. The minimum absolute atomic E-state index is 0.0381. The average molecular weight is 505 g/mol. The Kier molecular flexibility index (Phi) is 7.87. The second kappa shape index (κ2) is 11.2. The van der Waals surface area contributed by atoms with Crippen molar-refractivity contribution in [3.63, 3.8) is 0 Å². The van der Waals surface area contributed by atoms with Gasteiger partial charge in [0.25, 0.3) is 5.91 Å². The quantitative estimate of drug-likeness (QED) is 0.383. The van der Waals surface area contributed by atoms with Crippen LogP contribution in [-0.4, -0.2) is 49.7 Å². The first-order valence-corrected chi connectivity index (χ1v) is 13.3. The molecule has 1 aliphatic rings. The molecule has 3 aromatic carbocycles. The third-order valence-electron chi connectivity index (χ3n) is 5.44.